The molecule has 26 heavy (non-hydrogen) atoms. The van der Waals surface area contributed by atoms with Crippen molar-refractivity contribution in [2.24, 2.45) is 0 Å². The second-order valence-electron chi connectivity index (χ2n) is 6.75. The van der Waals surface area contributed by atoms with Crippen molar-refractivity contribution in [1.82, 2.24) is 15.4 Å². The fourth-order valence-corrected chi connectivity index (χ4v) is 3.42. The van der Waals surface area contributed by atoms with Gasteiger partial charge < -0.3 is 14.6 Å². The number of aromatic nitrogens is 1. The summed E-state index contributed by atoms with van der Waals surface area (Å²) in [5.41, 5.74) is 2.45. The van der Waals surface area contributed by atoms with Crippen molar-refractivity contribution in [2.75, 3.05) is 19.6 Å². The summed E-state index contributed by atoms with van der Waals surface area (Å²) in [6.07, 6.45) is 2.37. The van der Waals surface area contributed by atoms with Gasteiger partial charge in [0.05, 0.1) is 11.3 Å². The molecule has 0 spiro atoms. The summed E-state index contributed by atoms with van der Waals surface area (Å²) in [4.78, 5) is 14.8. The average molecular weight is 357 g/mol. The predicted octanol–water partition coefficient (Wildman–Crippen LogP) is 3.08. The van der Waals surface area contributed by atoms with E-state index in [1.54, 1.807) is 12.1 Å². The van der Waals surface area contributed by atoms with Crippen LogP contribution in [-0.2, 0) is 6.61 Å². The normalized spacial score (nSPS) is 17.4. The summed E-state index contributed by atoms with van der Waals surface area (Å²) >= 11 is 0. The minimum atomic E-state index is -0.0368. The van der Waals surface area contributed by atoms with Crippen molar-refractivity contribution in [3.05, 3.63) is 46.8 Å². The molecule has 2 aromatic rings. The Morgan fingerprint density at radius 2 is 2.12 bits per heavy atom. The number of nitrogens with zero attached hydrogens (tertiary/aromatic N) is 2. The molecule has 1 unspecified atom stereocenters. The van der Waals surface area contributed by atoms with E-state index in [4.69, 9.17) is 9.26 Å². The van der Waals surface area contributed by atoms with E-state index in [1.807, 2.05) is 26.0 Å². The van der Waals surface area contributed by atoms with Crippen LogP contribution < -0.4 is 10.1 Å². The van der Waals surface area contributed by atoms with Crippen molar-refractivity contribution >= 4 is 5.91 Å². The minimum absolute atomic E-state index is 0.0368. The zero-order valence-corrected chi connectivity index (χ0v) is 15.7. The Labute approximate surface area is 154 Å². The fourth-order valence-electron chi connectivity index (χ4n) is 3.42. The monoisotopic (exact) mass is 357 g/mol. The first-order valence-electron chi connectivity index (χ1n) is 9.25. The Kier molecular flexibility index (Phi) is 5.93. The molecular formula is C20H27N3O3. The lowest BCUT2D eigenvalue weighted by molar-refractivity contribution is 0.0941. The molecule has 1 aliphatic heterocycles. The van der Waals surface area contributed by atoms with Gasteiger partial charge in [0.15, 0.2) is 0 Å². The number of likely N-dealkylation sites (tertiary alicyclic amines) is 1. The lowest BCUT2D eigenvalue weighted by Gasteiger charge is -2.22. The lowest BCUT2D eigenvalue weighted by Crippen LogP contribution is -2.40. The maximum absolute atomic E-state index is 12.4. The summed E-state index contributed by atoms with van der Waals surface area (Å²) in [5.74, 6) is 1.45. The molecule has 2 heterocycles. The molecule has 6 heteroatoms. The van der Waals surface area contributed by atoms with Crippen LogP contribution in [0.2, 0.25) is 0 Å². The van der Waals surface area contributed by atoms with Gasteiger partial charge in [0.2, 0.25) is 0 Å². The quantitative estimate of drug-likeness (QED) is 0.825. The molecule has 1 aromatic heterocycles. The summed E-state index contributed by atoms with van der Waals surface area (Å²) in [7, 11) is 0. The van der Waals surface area contributed by atoms with Crippen LogP contribution in [0, 0.1) is 13.8 Å². The molecule has 1 atom stereocenters. The molecular weight excluding hydrogens is 330 g/mol. The smallest absolute Gasteiger partial charge is 0.251 e. The van der Waals surface area contributed by atoms with Gasteiger partial charge in [-0.15, -0.1) is 0 Å². The number of carbonyl (C=O) groups is 1. The molecule has 1 N–H and O–H groups in total. The average Bonchev–Trinajstić information content (AvgIpc) is 3.24. The highest BCUT2D eigenvalue weighted by Crippen LogP contribution is 2.18. The van der Waals surface area contributed by atoms with Gasteiger partial charge in [0.25, 0.3) is 5.91 Å². The van der Waals surface area contributed by atoms with Crippen LogP contribution in [0.4, 0.5) is 0 Å². The van der Waals surface area contributed by atoms with Gasteiger partial charge in [-0.3, -0.25) is 9.69 Å². The standard InChI is InChI=1S/C20H27N3O3/c1-4-23-11-5-6-17(23)12-21-20(24)16-7-9-18(10-8-16)25-13-19-14(2)22-26-15(19)3/h7-10,17H,4-6,11-13H2,1-3H3,(H,21,24). The number of ether oxygens (including phenoxy) is 1. The molecule has 1 amide bonds. The zero-order valence-electron chi connectivity index (χ0n) is 15.7. The van der Waals surface area contributed by atoms with E-state index in [1.165, 1.54) is 6.42 Å². The molecule has 0 saturated carbocycles. The number of hydrogen-bond donors (Lipinski definition) is 1. The van der Waals surface area contributed by atoms with Crippen LogP contribution in [0.3, 0.4) is 0 Å². The number of benzene rings is 1. The van der Waals surface area contributed by atoms with Crippen molar-refractivity contribution in [3.8, 4) is 5.75 Å². The van der Waals surface area contributed by atoms with Gasteiger partial charge in [-0.25, -0.2) is 0 Å². The molecule has 1 aromatic carbocycles. The predicted molar refractivity (Wildman–Crippen MR) is 99.4 cm³/mol. The van der Waals surface area contributed by atoms with E-state index in [9.17, 15) is 4.79 Å². The van der Waals surface area contributed by atoms with Gasteiger partial charge in [0.1, 0.15) is 18.1 Å². The largest absolute Gasteiger partial charge is 0.489 e. The summed E-state index contributed by atoms with van der Waals surface area (Å²) in [5, 5.41) is 6.97. The Morgan fingerprint density at radius 3 is 2.77 bits per heavy atom. The molecule has 1 saturated heterocycles. The molecule has 0 bridgehead atoms. The number of rotatable bonds is 7. The molecule has 1 fully saturated rings. The summed E-state index contributed by atoms with van der Waals surface area (Å²) < 4.78 is 10.9. The Bertz CT molecular complexity index is 720. The maximum Gasteiger partial charge on any atom is 0.251 e. The Morgan fingerprint density at radius 1 is 1.35 bits per heavy atom. The van der Waals surface area contributed by atoms with E-state index >= 15 is 0 Å². The van der Waals surface area contributed by atoms with Crippen LogP contribution in [0.15, 0.2) is 28.8 Å². The van der Waals surface area contributed by atoms with E-state index in [0.29, 0.717) is 24.8 Å². The summed E-state index contributed by atoms with van der Waals surface area (Å²) in [6.45, 7) is 9.22. The first-order valence-corrected chi connectivity index (χ1v) is 9.25. The van der Waals surface area contributed by atoms with E-state index in [2.05, 4.69) is 22.3 Å². The van der Waals surface area contributed by atoms with Crippen molar-refractivity contribution < 1.29 is 14.1 Å². The van der Waals surface area contributed by atoms with Crippen LogP contribution in [0.1, 0.15) is 47.1 Å². The third kappa shape index (κ3) is 4.25. The van der Waals surface area contributed by atoms with Crippen LogP contribution in [-0.4, -0.2) is 41.6 Å². The third-order valence-corrected chi connectivity index (χ3v) is 5.08. The number of hydrogen-bond acceptors (Lipinski definition) is 5. The topological polar surface area (TPSA) is 67.6 Å². The van der Waals surface area contributed by atoms with Crippen molar-refractivity contribution in [1.29, 1.82) is 0 Å². The first kappa shape index (κ1) is 18.5. The molecule has 0 radical (unpaired) electrons. The molecule has 3 rings (SSSR count). The SMILES string of the molecule is CCN1CCCC1CNC(=O)c1ccc(OCc2c(C)noc2C)cc1. The Balaban J connectivity index is 1.51. The van der Waals surface area contributed by atoms with E-state index < -0.39 is 0 Å². The van der Waals surface area contributed by atoms with E-state index in [0.717, 1.165) is 42.3 Å². The van der Waals surface area contributed by atoms with Crippen molar-refractivity contribution in [2.45, 2.75) is 46.3 Å². The van der Waals surface area contributed by atoms with E-state index in [-0.39, 0.29) is 5.91 Å². The molecule has 6 nitrogen and oxygen atoms in total. The Hall–Kier alpha value is -2.34. The third-order valence-electron chi connectivity index (χ3n) is 5.08. The van der Waals surface area contributed by atoms with Gasteiger partial charge in [-0.1, -0.05) is 12.1 Å². The van der Waals surface area contributed by atoms with Gasteiger partial charge >= 0.3 is 0 Å². The number of carbonyl (C=O) groups excluding carboxylic acids is 1. The van der Waals surface area contributed by atoms with Crippen molar-refractivity contribution in [3.63, 3.8) is 0 Å². The zero-order chi connectivity index (χ0) is 18.5. The van der Waals surface area contributed by atoms with Crippen LogP contribution >= 0.6 is 0 Å². The lowest BCUT2D eigenvalue weighted by atomic mass is 10.2. The van der Waals surface area contributed by atoms with Gasteiger partial charge in [-0.2, -0.15) is 0 Å². The maximum atomic E-state index is 12.4. The molecule has 140 valence electrons. The second-order valence-corrected chi connectivity index (χ2v) is 6.75. The first-order chi connectivity index (χ1) is 12.6. The van der Waals surface area contributed by atoms with Gasteiger partial charge in [0, 0.05) is 18.2 Å². The summed E-state index contributed by atoms with van der Waals surface area (Å²) in [6, 6.07) is 7.69. The van der Waals surface area contributed by atoms with Crippen LogP contribution in [0.5, 0.6) is 5.75 Å². The highest BCUT2D eigenvalue weighted by Gasteiger charge is 2.23. The number of amides is 1. The molecule has 1 aliphatic rings. The number of aryl methyl sites for hydroxylation is 2. The van der Waals surface area contributed by atoms with Gasteiger partial charge in [-0.05, 0) is 64.0 Å². The fraction of sp³-hybridized carbons (Fsp3) is 0.500. The molecule has 0 aliphatic carbocycles. The minimum Gasteiger partial charge on any atom is -0.489 e. The van der Waals surface area contributed by atoms with Crippen LogP contribution in [0.25, 0.3) is 0 Å². The highest BCUT2D eigenvalue weighted by molar-refractivity contribution is 5.94. The number of nitrogens with one attached hydrogen (secondary N) is 1. The number of likely N-dealkylation sites (N-methyl/N-ethyl adjacent to an activating group) is 1. The second kappa shape index (κ2) is 8.36. The highest BCUT2D eigenvalue weighted by atomic mass is 16.5.